The SMILES string of the molecule is Cc1nc(C2CCCC2)sc1C(=O)NC(C(=O)O)C1CCCOC1. The Hall–Kier alpha value is -1.47. The second-order valence-electron chi connectivity index (χ2n) is 6.71. The second kappa shape index (κ2) is 7.61. The second-order valence-corrected chi connectivity index (χ2v) is 7.75. The summed E-state index contributed by atoms with van der Waals surface area (Å²) < 4.78 is 5.37. The molecule has 2 N–H and O–H groups in total. The van der Waals surface area contributed by atoms with E-state index in [2.05, 4.69) is 10.3 Å². The molecule has 0 aromatic carbocycles. The van der Waals surface area contributed by atoms with Gasteiger partial charge in [-0.05, 0) is 32.6 Å². The van der Waals surface area contributed by atoms with Crippen LogP contribution in [0.15, 0.2) is 0 Å². The minimum Gasteiger partial charge on any atom is -0.480 e. The number of carboxylic acid groups (broad SMARTS) is 1. The van der Waals surface area contributed by atoms with Gasteiger partial charge in [-0.1, -0.05) is 12.8 Å². The summed E-state index contributed by atoms with van der Waals surface area (Å²) in [5, 5.41) is 13.2. The predicted octanol–water partition coefficient (Wildman–Crippen LogP) is 2.72. The molecule has 7 heteroatoms. The van der Waals surface area contributed by atoms with Crippen molar-refractivity contribution in [2.75, 3.05) is 13.2 Å². The van der Waals surface area contributed by atoms with E-state index in [0.717, 1.165) is 30.7 Å². The summed E-state index contributed by atoms with van der Waals surface area (Å²) in [6, 6.07) is -0.908. The molecule has 1 aromatic heterocycles. The van der Waals surface area contributed by atoms with E-state index in [1.807, 2.05) is 6.92 Å². The predicted molar refractivity (Wildman–Crippen MR) is 90.5 cm³/mol. The van der Waals surface area contributed by atoms with Gasteiger partial charge in [0, 0.05) is 18.4 Å². The monoisotopic (exact) mass is 352 g/mol. The highest BCUT2D eigenvalue weighted by atomic mass is 32.1. The molecule has 1 aliphatic heterocycles. The van der Waals surface area contributed by atoms with Crippen molar-refractivity contribution in [3.05, 3.63) is 15.6 Å². The molecule has 2 heterocycles. The first-order valence-electron chi connectivity index (χ1n) is 8.65. The minimum atomic E-state index is -1.00. The Morgan fingerprint density at radius 1 is 1.29 bits per heavy atom. The van der Waals surface area contributed by atoms with E-state index in [4.69, 9.17) is 4.74 Å². The van der Waals surface area contributed by atoms with Crippen molar-refractivity contribution >= 4 is 23.2 Å². The lowest BCUT2D eigenvalue weighted by Crippen LogP contribution is -2.48. The number of nitrogens with one attached hydrogen (secondary N) is 1. The fourth-order valence-corrected chi connectivity index (χ4v) is 4.73. The fraction of sp³-hybridized carbons (Fsp3) is 0.706. The van der Waals surface area contributed by atoms with Crippen molar-refractivity contribution in [2.24, 2.45) is 5.92 Å². The first kappa shape index (κ1) is 17.4. The van der Waals surface area contributed by atoms with Crippen LogP contribution in [0.25, 0.3) is 0 Å². The third-order valence-electron chi connectivity index (χ3n) is 4.94. The van der Waals surface area contributed by atoms with Crippen LogP contribution >= 0.6 is 11.3 Å². The van der Waals surface area contributed by atoms with Crippen molar-refractivity contribution in [1.82, 2.24) is 10.3 Å². The van der Waals surface area contributed by atoms with Crippen LogP contribution in [0.2, 0.25) is 0 Å². The van der Waals surface area contributed by atoms with Crippen LogP contribution in [-0.4, -0.2) is 41.2 Å². The van der Waals surface area contributed by atoms with Gasteiger partial charge in [-0.2, -0.15) is 0 Å². The third-order valence-corrected chi connectivity index (χ3v) is 6.26. The van der Waals surface area contributed by atoms with Crippen LogP contribution in [0.1, 0.15) is 64.8 Å². The number of hydrogen-bond acceptors (Lipinski definition) is 5. The molecule has 2 fully saturated rings. The van der Waals surface area contributed by atoms with E-state index in [9.17, 15) is 14.7 Å². The number of carbonyl (C=O) groups excluding carboxylic acids is 1. The largest absolute Gasteiger partial charge is 0.480 e. The van der Waals surface area contributed by atoms with E-state index in [1.54, 1.807) is 0 Å². The maximum atomic E-state index is 12.6. The van der Waals surface area contributed by atoms with Crippen LogP contribution in [0, 0.1) is 12.8 Å². The van der Waals surface area contributed by atoms with Crippen LogP contribution < -0.4 is 5.32 Å². The molecule has 132 valence electrons. The van der Waals surface area contributed by atoms with Crippen molar-refractivity contribution in [1.29, 1.82) is 0 Å². The van der Waals surface area contributed by atoms with Gasteiger partial charge in [-0.15, -0.1) is 11.3 Å². The molecule has 1 saturated heterocycles. The number of carbonyl (C=O) groups is 2. The maximum absolute atomic E-state index is 12.6. The number of aromatic nitrogens is 1. The molecule has 2 atom stereocenters. The van der Waals surface area contributed by atoms with E-state index < -0.39 is 12.0 Å². The van der Waals surface area contributed by atoms with Gasteiger partial charge in [0.05, 0.1) is 17.3 Å². The summed E-state index contributed by atoms with van der Waals surface area (Å²) in [5.74, 6) is -1.05. The van der Waals surface area contributed by atoms with Gasteiger partial charge < -0.3 is 15.2 Å². The third kappa shape index (κ3) is 3.78. The lowest BCUT2D eigenvalue weighted by molar-refractivity contribution is -0.142. The Balaban J connectivity index is 1.71. The number of aliphatic carboxylic acids is 1. The van der Waals surface area contributed by atoms with Crippen molar-refractivity contribution in [3.63, 3.8) is 0 Å². The van der Waals surface area contributed by atoms with Gasteiger partial charge in [0.15, 0.2) is 0 Å². The average molecular weight is 352 g/mol. The number of carboxylic acids is 1. The minimum absolute atomic E-state index is 0.178. The van der Waals surface area contributed by atoms with Gasteiger partial charge >= 0.3 is 5.97 Å². The number of amides is 1. The number of rotatable bonds is 5. The Labute approximate surface area is 145 Å². The van der Waals surface area contributed by atoms with Crippen molar-refractivity contribution in [3.8, 4) is 0 Å². The lowest BCUT2D eigenvalue weighted by Gasteiger charge is -2.27. The number of ether oxygens (including phenoxy) is 1. The Morgan fingerprint density at radius 2 is 2.04 bits per heavy atom. The molecule has 2 aliphatic rings. The van der Waals surface area contributed by atoms with Crippen LogP contribution in [0.3, 0.4) is 0 Å². The molecule has 6 nitrogen and oxygen atoms in total. The molecular weight excluding hydrogens is 328 g/mol. The lowest BCUT2D eigenvalue weighted by atomic mass is 9.93. The first-order chi connectivity index (χ1) is 11.6. The molecule has 2 unspecified atom stereocenters. The molecule has 1 saturated carbocycles. The van der Waals surface area contributed by atoms with Crippen LogP contribution in [0.4, 0.5) is 0 Å². The summed E-state index contributed by atoms with van der Waals surface area (Å²) in [5.41, 5.74) is 0.698. The number of nitrogens with zero attached hydrogens (tertiary/aromatic N) is 1. The normalized spacial score (nSPS) is 23.1. The summed E-state index contributed by atoms with van der Waals surface area (Å²) >= 11 is 1.42. The fourth-order valence-electron chi connectivity index (χ4n) is 3.59. The van der Waals surface area contributed by atoms with Crippen molar-refractivity contribution in [2.45, 2.75) is 57.4 Å². The number of thiazole rings is 1. The van der Waals surface area contributed by atoms with Gasteiger partial charge in [0.1, 0.15) is 10.9 Å². The molecule has 0 spiro atoms. The van der Waals surface area contributed by atoms with Gasteiger partial charge in [0.25, 0.3) is 5.91 Å². The molecule has 1 amide bonds. The molecule has 0 bridgehead atoms. The maximum Gasteiger partial charge on any atom is 0.326 e. The van der Waals surface area contributed by atoms with E-state index in [1.165, 1.54) is 24.2 Å². The van der Waals surface area contributed by atoms with Crippen molar-refractivity contribution < 1.29 is 19.4 Å². The van der Waals surface area contributed by atoms with Gasteiger partial charge in [0.2, 0.25) is 0 Å². The van der Waals surface area contributed by atoms with E-state index in [0.29, 0.717) is 29.7 Å². The van der Waals surface area contributed by atoms with Gasteiger partial charge in [-0.25, -0.2) is 9.78 Å². The zero-order valence-electron chi connectivity index (χ0n) is 13.9. The molecular formula is C17H24N2O4S. The molecule has 1 aromatic rings. The Kier molecular flexibility index (Phi) is 5.50. The van der Waals surface area contributed by atoms with Crippen LogP contribution in [-0.2, 0) is 9.53 Å². The molecule has 0 radical (unpaired) electrons. The highest BCUT2D eigenvalue weighted by Gasteiger charge is 2.33. The first-order valence-corrected chi connectivity index (χ1v) is 9.46. The summed E-state index contributed by atoms with van der Waals surface area (Å²) in [6.07, 6.45) is 6.28. The highest BCUT2D eigenvalue weighted by Crippen LogP contribution is 2.37. The zero-order valence-corrected chi connectivity index (χ0v) is 14.7. The van der Waals surface area contributed by atoms with Crippen LogP contribution in [0.5, 0.6) is 0 Å². The summed E-state index contributed by atoms with van der Waals surface area (Å²) in [4.78, 5) is 29.3. The van der Waals surface area contributed by atoms with E-state index in [-0.39, 0.29) is 11.8 Å². The number of hydrogen-bond donors (Lipinski definition) is 2. The molecule has 3 rings (SSSR count). The van der Waals surface area contributed by atoms with Gasteiger partial charge in [-0.3, -0.25) is 4.79 Å². The highest BCUT2D eigenvalue weighted by molar-refractivity contribution is 7.13. The topological polar surface area (TPSA) is 88.5 Å². The zero-order chi connectivity index (χ0) is 17.1. The molecule has 1 aliphatic carbocycles. The Bertz CT molecular complexity index is 604. The molecule has 24 heavy (non-hydrogen) atoms. The summed E-state index contributed by atoms with van der Waals surface area (Å²) in [7, 11) is 0. The number of aryl methyl sites for hydroxylation is 1. The quantitative estimate of drug-likeness (QED) is 0.850. The smallest absolute Gasteiger partial charge is 0.326 e. The summed E-state index contributed by atoms with van der Waals surface area (Å²) in [6.45, 7) is 2.87. The average Bonchev–Trinajstić information content (AvgIpc) is 3.22. The Morgan fingerprint density at radius 3 is 2.67 bits per heavy atom. The standard InChI is InChI=1S/C17H24N2O4S/c1-10-14(24-16(18-10)11-5-2-3-6-11)15(20)19-13(17(21)22)12-7-4-8-23-9-12/h11-13H,2-9H2,1H3,(H,19,20)(H,21,22). The van der Waals surface area contributed by atoms with E-state index >= 15 is 0 Å².